The van der Waals surface area contributed by atoms with Gasteiger partial charge in [0.2, 0.25) is 0 Å². The highest BCUT2D eigenvalue weighted by Gasteiger charge is 2.27. The molecule has 0 atom stereocenters. The molecular weight excluding hydrogens is 201 g/mol. The third kappa shape index (κ3) is 2.62. The van der Waals surface area contributed by atoms with Crippen LogP contribution in [0.1, 0.15) is 43.7 Å². The molecule has 1 aromatic rings. The molecule has 0 spiro atoms. The van der Waals surface area contributed by atoms with Crippen molar-refractivity contribution in [2.45, 2.75) is 51.6 Å². The largest absolute Gasteiger partial charge is 0.307 e. The standard InChI is InChI=1S/C14H20FN/c1-11-5-6-13(15)9-12(11)10-16-14(2)7-3-4-8-14/h5-6,9,16H,3-4,7-8,10H2,1-2H3. The number of benzene rings is 1. The van der Waals surface area contributed by atoms with Crippen molar-refractivity contribution in [2.75, 3.05) is 0 Å². The minimum atomic E-state index is -0.140. The van der Waals surface area contributed by atoms with Gasteiger partial charge in [-0.3, -0.25) is 0 Å². The molecule has 2 heteroatoms. The maximum atomic E-state index is 13.1. The quantitative estimate of drug-likeness (QED) is 0.823. The van der Waals surface area contributed by atoms with E-state index in [-0.39, 0.29) is 11.4 Å². The predicted molar refractivity (Wildman–Crippen MR) is 64.8 cm³/mol. The first-order valence-corrected chi connectivity index (χ1v) is 6.09. The number of aryl methyl sites for hydroxylation is 1. The van der Waals surface area contributed by atoms with Gasteiger partial charge in [-0.15, -0.1) is 0 Å². The summed E-state index contributed by atoms with van der Waals surface area (Å²) in [5.41, 5.74) is 2.50. The topological polar surface area (TPSA) is 12.0 Å². The Labute approximate surface area is 97.1 Å². The molecule has 16 heavy (non-hydrogen) atoms. The fraction of sp³-hybridized carbons (Fsp3) is 0.571. The van der Waals surface area contributed by atoms with Crippen LogP contribution in [0.2, 0.25) is 0 Å². The van der Waals surface area contributed by atoms with Crippen LogP contribution in [0.3, 0.4) is 0 Å². The molecule has 1 nitrogen and oxygen atoms in total. The van der Waals surface area contributed by atoms with Gasteiger partial charge in [0, 0.05) is 12.1 Å². The predicted octanol–water partition coefficient (Wildman–Crippen LogP) is 3.56. The monoisotopic (exact) mass is 221 g/mol. The zero-order valence-electron chi connectivity index (χ0n) is 10.1. The smallest absolute Gasteiger partial charge is 0.123 e. The number of hydrogen-bond donors (Lipinski definition) is 1. The average Bonchev–Trinajstić information content (AvgIpc) is 2.67. The third-order valence-electron chi connectivity index (χ3n) is 3.72. The van der Waals surface area contributed by atoms with Crippen LogP contribution in [0.4, 0.5) is 4.39 Å². The second kappa shape index (κ2) is 4.54. The summed E-state index contributed by atoms with van der Waals surface area (Å²) in [5.74, 6) is -0.140. The van der Waals surface area contributed by atoms with Crippen LogP contribution >= 0.6 is 0 Å². The van der Waals surface area contributed by atoms with Crippen LogP contribution in [0.15, 0.2) is 18.2 Å². The average molecular weight is 221 g/mol. The van der Waals surface area contributed by atoms with Crippen LogP contribution < -0.4 is 5.32 Å². The first kappa shape index (κ1) is 11.6. The van der Waals surface area contributed by atoms with Crippen LogP contribution in [-0.2, 0) is 6.54 Å². The summed E-state index contributed by atoms with van der Waals surface area (Å²) < 4.78 is 13.1. The van der Waals surface area contributed by atoms with Gasteiger partial charge in [0.1, 0.15) is 5.82 Å². The van der Waals surface area contributed by atoms with Gasteiger partial charge in [-0.2, -0.15) is 0 Å². The van der Waals surface area contributed by atoms with Crippen molar-refractivity contribution in [3.63, 3.8) is 0 Å². The molecule has 1 saturated carbocycles. The van der Waals surface area contributed by atoms with Crippen molar-refractivity contribution >= 4 is 0 Å². The number of rotatable bonds is 3. The summed E-state index contributed by atoms with van der Waals surface area (Å²) in [5, 5.41) is 3.58. The van der Waals surface area contributed by atoms with Crippen molar-refractivity contribution < 1.29 is 4.39 Å². The Morgan fingerprint density at radius 2 is 2.00 bits per heavy atom. The van der Waals surface area contributed by atoms with E-state index in [1.165, 1.54) is 31.7 Å². The molecule has 2 rings (SSSR count). The minimum Gasteiger partial charge on any atom is -0.307 e. The minimum absolute atomic E-state index is 0.140. The molecule has 88 valence electrons. The van der Waals surface area contributed by atoms with E-state index < -0.39 is 0 Å². The lowest BCUT2D eigenvalue weighted by molar-refractivity contribution is 0.362. The van der Waals surface area contributed by atoms with Gasteiger partial charge in [0.05, 0.1) is 0 Å². The summed E-state index contributed by atoms with van der Waals surface area (Å²) in [6.45, 7) is 5.09. The fourth-order valence-corrected chi connectivity index (χ4v) is 2.47. The van der Waals surface area contributed by atoms with Gasteiger partial charge in [0.15, 0.2) is 0 Å². The van der Waals surface area contributed by atoms with Gasteiger partial charge in [0.25, 0.3) is 0 Å². The summed E-state index contributed by atoms with van der Waals surface area (Å²) in [6, 6.07) is 5.01. The lowest BCUT2D eigenvalue weighted by Gasteiger charge is -2.25. The van der Waals surface area contributed by atoms with Gasteiger partial charge >= 0.3 is 0 Å². The molecule has 0 unspecified atom stereocenters. The molecule has 1 aromatic carbocycles. The van der Waals surface area contributed by atoms with E-state index in [9.17, 15) is 4.39 Å². The Morgan fingerprint density at radius 1 is 1.31 bits per heavy atom. The second-order valence-corrected chi connectivity index (χ2v) is 5.19. The fourth-order valence-electron chi connectivity index (χ4n) is 2.47. The molecule has 1 fully saturated rings. The molecule has 1 N–H and O–H groups in total. The highest BCUT2D eigenvalue weighted by atomic mass is 19.1. The maximum Gasteiger partial charge on any atom is 0.123 e. The highest BCUT2D eigenvalue weighted by Crippen LogP contribution is 2.29. The zero-order chi connectivity index (χ0) is 11.6. The van der Waals surface area contributed by atoms with Gasteiger partial charge in [-0.05, 0) is 49.9 Å². The van der Waals surface area contributed by atoms with E-state index in [0.717, 1.165) is 17.7 Å². The van der Waals surface area contributed by atoms with E-state index in [0.29, 0.717) is 0 Å². The molecule has 0 bridgehead atoms. The zero-order valence-corrected chi connectivity index (χ0v) is 10.1. The van der Waals surface area contributed by atoms with Crippen molar-refractivity contribution in [2.24, 2.45) is 0 Å². The van der Waals surface area contributed by atoms with Crippen LogP contribution in [0.5, 0.6) is 0 Å². The highest BCUT2D eigenvalue weighted by molar-refractivity contribution is 5.26. The molecular formula is C14H20FN. The van der Waals surface area contributed by atoms with Crippen LogP contribution in [-0.4, -0.2) is 5.54 Å². The molecule has 0 aliphatic heterocycles. The van der Waals surface area contributed by atoms with Crippen molar-refractivity contribution in [3.05, 3.63) is 35.1 Å². The Bertz CT molecular complexity index is 367. The first-order chi connectivity index (χ1) is 7.59. The van der Waals surface area contributed by atoms with Gasteiger partial charge in [-0.1, -0.05) is 18.9 Å². The molecule has 1 aliphatic rings. The van der Waals surface area contributed by atoms with Crippen molar-refractivity contribution in [1.82, 2.24) is 5.32 Å². The lowest BCUT2D eigenvalue weighted by atomic mass is 9.99. The van der Waals surface area contributed by atoms with Crippen molar-refractivity contribution in [1.29, 1.82) is 0 Å². The van der Waals surface area contributed by atoms with E-state index >= 15 is 0 Å². The summed E-state index contributed by atoms with van der Waals surface area (Å²) >= 11 is 0. The molecule has 0 aromatic heterocycles. The normalized spacial score (nSPS) is 18.9. The first-order valence-electron chi connectivity index (χ1n) is 6.09. The number of halogens is 1. The summed E-state index contributed by atoms with van der Waals surface area (Å²) in [6.07, 6.45) is 5.10. The Hall–Kier alpha value is -0.890. The van der Waals surface area contributed by atoms with E-state index in [4.69, 9.17) is 0 Å². The van der Waals surface area contributed by atoms with Gasteiger partial charge in [-0.25, -0.2) is 4.39 Å². The summed E-state index contributed by atoms with van der Waals surface area (Å²) in [7, 11) is 0. The number of nitrogens with one attached hydrogen (secondary N) is 1. The molecule has 0 heterocycles. The third-order valence-corrected chi connectivity index (χ3v) is 3.72. The molecule has 1 aliphatic carbocycles. The van der Waals surface area contributed by atoms with Crippen LogP contribution in [0.25, 0.3) is 0 Å². The Balaban J connectivity index is 2.01. The maximum absolute atomic E-state index is 13.1. The van der Waals surface area contributed by atoms with E-state index in [2.05, 4.69) is 12.2 Å². The second-order valence-electron chi connectivity index (χ2n) is 5.19. The van der Waals surface area contributed by atoms with Crippen molar-refractivity contribution in [3.8, 4) is 0 Å². The number of hydrogen-bond acceptors (Lipinski definition) is 1. The molecule has 0 saturated heterocycles. The SMILES string of the molecule is Cc1ccc(F)cc1CNC1(C)CCCC1. The van der Waals surface area contributed by atoms with E-state index in [1.807, 2.05) is 13.0 Å². The van der Waals surface area contributed by atoms with Gasteiger partial charge < -0.3 is 5.32 Å². The lowest BCUT2D eigenvalue weighted by Crippen LogP contribution is -2.38. The van der Waals surface area contributed by atoms with E-state index in [1.54, 1.807) is 6.07 Å². The molecule has 0 radical (unpaired) electrons. The Kier molecular flexibility index (Phi) is 3.29. The van der Waals surface area contributed by atoms with Crippen LogP contribution in [0, 0.1) is 12.7 Å². The molecule has 0 amide bonds. The Morgan fingerprint density at radius 3 is 2.69 bits per heavy atom. The summed E-state index contributed by atoms with van der Waals surface area (Å²) in [4.78, 5) is 0.